The summed E-state index contributed by atoms with van der Waals surface area (Å²) in [5.74, 6) is -0.00861. The van der Waals surface area contributed by atoms with Gasteiger partial charge < -0.3 is 4.57 Å². The lowest BCUT2D eigenvalue weighted by molar-refractivity contribution is -0.122. The van der Waals surface area contributed by atoms with Gasteiger partial charge in [0.15, 0.2) is 5.17 Å². The summed E-state index contributed by atoms with van der Waals surface area (Å²) in [4.78, 5) is 20.5. The van der Waals surface area contributed by atoms with Gasteiger partial charge in [-0.15, -0.1) is 0 Å². The Morgan fingerprint density at radius 3 is 2.43 bits per heavy atom. The van der Waals surface area contributed by atoms with Gasteiger partial charge in [0.2, 0.25) is 0 Å². The molecule has 5 rings (SSSR count). The van der Waals surface area contributed by atoms with Crippen molar-refractivity contribution in [2.75, 3.05) is 6.54 Å². The van der Waals surface area contributed by atoms with Crippen molar-refractivity contribution in [2.24, 2.45) is 4.99 Å². The summed E-state index contributed by atoms with van der Waals surface area (Å²) in [6.07, 6.45) is 2.02. The van der Waals surface area contributed by atoms with Gasteiger partial charge in [0.05, 0.1) is 10.6 Å². The fourth-order valence-electron chi connectivity index (χ4n) is 4.37. The largest absolute Gasteiger partial charge is 0.340 e. The van der Waals surface area contributed by atoms with E-state index >= 15 is 0 Å². The highest BCUT2D eigenvalue weighted by atomic mass is 35.5. The lowest BCUT2D eigenvalue weighted by atomic mass is 10.1. The van der Waals surface area contributed by atoms with Crippen LogP contribution in [0.15, 0.2) is 82.7 Å². The molecular formula is C29H26ClN3OS. The van der Waals surface area contributed by atoms with Crippen molar-refractivity contribution in [2.45, 2.75) is 27.3 Å². The van der Waals surface area contributed by atoms with E-state index in [1.807, 2.05) is 67.6 Å². The van der Waals surface area contributed by atoms with Gasteiger partial charge in [0.1, 0.15) is 0 Å². The zero-order valence-electron chi connectivity index (χ0n) is 20.0. The minimum Gasteiger partial charge on any atom is -0.340 e. The van der Waals surface area contributed by atoms with Crippen molar-refractivity contribution in [1.29, 1.82) is 0 Å². The SMILES string of the molecule is CCN1C(=O)/C(=C\c2c(C)n(Cc3ccccc3Cl)c3ccccc23)SC1=Nc1ccc(C)cc1. The molecule has 3 aromatic carbocycles. The minimum absolute atomic E-state index is 0.00861. The third-order valence-corrected chi connectivity index (χ3v) is 7.68. The van der Waals surface area contributed by atoms with Crippen molar-refractivity contribution >= 4 is 57.1 Å². The fraction of sp³-hybridized carbons (Fsp3) is 0.172. The number of fused-ring (bicyclic) bond motifs is 1. The standard InChI is InChI=1S/C29H26ClN3OS/c1-4-32-28(34)27(35-29(32)31-22-15-13-19(2)14-16-22)17-24-20(3)33(26-12-8-6-10-23(24)26)18-21-9-5-7-11-25(21)30/h5-17H,4,18H2,1-3H3/b27-17+,31-29?. The normalized spacial score (nSPS) is 16.2. The van der Waals surface area contributed by atoms with Gasteiger partial charge in [-0.25, -0.2) is 4.99 Å². The molecule has 176 valence electrons. The number of hydrogen-bond acceptors (Lipinski definition) is 3. The maximum absolute atomic E-state index is 13.3. The quantitative estimate of drug-likeness (QED) is 0.265. The summed E-state index contributed by atoms with van der Waals surface area (Å²) in [6.45, 7) is 7.37. The number of hydrogen-bond donors (Lipinski definition) is 0. The number of benzene rings is 3. The predicted octanol–water partition coefficient (Wildman–Crippen LogP) is 7.58. The molecule has 0 unspecified atom stereocenters. The first-order valence-electron chi connectivity index (χ1n) is 11.6. The molecule has 6 heteroatoms. The van der Waals surface area contributed by atoms with Crippen LogP contribution in [0.25, 0.3) is 17.0 Å². The Kier molecular flexibility index (Phi) is 6.54. The number of aryl methyl sites for hydroxylation is 1. The minimum atomic E-state index is -0.00861. The summed E-state index contributed by atoms with van der Waals surface area (Å²) in [6, 6.07) is 24.3. The Morgan fingerprint density at radius 1 is 0.971 bits per heavy atom. The number of carbonyl (C=O) groups excluding carboxylic acids is 1. The number of thioether (sulfide) groups is 1. The van der Waals surface area contributed by atoms with Gasteiger partial charge >= 0.3 is 0 Å². The van der Waals surface area contributed by atoms with Gasteiger partial charge in [-0.3, -0.25) is 9.69 Å². The van der Waals surface area contributed by atoms with E-state index in [1.165, 1.54) is 17.3 Å². The first-order valence-corrected chi connectivity index (χ1v) is 12.8. The molecule has 0 atom stereocenters. The first-order chi connectivity index (χ1) is 17.0. The average Bonchev–Trinajstić information content (AvgIpc) is 3.30. The number of rotatable bonds is 5. The monoisotopic (exact) mass is 499 g/mol. The molecule has 1 saturated heterocycles. The third kappa shape index (κ3) is 4.54. The van der Waals surface area contributed by atoms with Crippen molar-refractivity contribution in [3.05, 3.63) is 105 Å². The topological polar surface area (TPSA) is 37.6 Å². The van der Waals surface area contributed by atoms with Crippen LogP contribution in [0.4, 0.5) is 5.69 Å². The van der Waals surface area contributed by atoms with Gasteiger partial charge in [-0.05, 0) is 68.4 Å². The second-order valence-corrected chi connectivity index (χ2v) is 10.0. The molecule has 35 heavy (non-hydrogen) atoms. The van der Waals surface area contributed by atoms with Crippen molar-refractivity contribution in [3.63, 3.8) is 0 Å². The van der Waals surface area contributed by atoms with Gasteiger partial charge in [0.25, 0.3) is 5.91 Å². The van der Waals surface area contributed by atoms with Crippen LogP contribution in [0.3, 0.4) is 0 Å². The second-order valence-electron chi connectivity index (χ2n) is 8.58. The van der Waals surface area contributed by atoms with Crippen LogP contribution in [0, 0.1) is 13.8 Å². The highest BCUT2D eigenvalue weighted by Crippen LogP contribution is 2.37. The molecule has 4 aromatic rings. The maximum atomic E-state index is 13.3. The highest BCUT2D eigenvalue weighted by molar-refractivity contribution is 8.18. The Morgan fingerprint density at radius 2 is 1.69 bits per heavy atom. The van der Waals surface area contributed by atoms with E-state index in [4.69, 9.17) is 16.6 Å². The van der Waals surface area contributed by atoms with E-state index < -0.39 is 0 Å². The molecule has 1 aliphatic rings. The van der Waals surface area contributed by atoms with Crippen molar-refractivity contribution < 1.29 is 4.79 Å². The van der Waals surface area contributed by atoms with Crippen molar-refractivity contribution in [3.8, 4) is 0 Å². The molecule has 0 radical (unpaired) electrons. The second kappa shape index (κ2) is 9.76. The van der Waals surface area contributed by atoms with Gasteiger partial charge in [-0.1, -0.05) is 65.7 Å². The number of amidine groups is 1. The van der Waals surface area contributed by atoms with E-state index in [1.54, 1.807) is 4.90 Å². The molecule has 4 nitrogen and oxygen atoms in total. The first kappa shape index (κ1) is 23.5. The zero-order valence-corrected chi connectivity index (χ0v) is 21.5. The number of para-hydroxylation sites is 1. The Bertz CT molecular complexity index is 1480. The third-order valence-electron chi connectivity index (χ3n) is 6.30. The van der Waals surface area contributed by atoms with Crippen molar-refractivity contribution in [1.82, 2.24) is 9.47 Å². The molecular weight excluding hydrogens is 474 g/mol. The number of aromatic nitrogens is 1. The summed E-state index contributed by atoms with van der Waals surface area (Å²) in [5.41, 5.74) is 6.36. The molecule has 0 bridgehead atoms. The molecule has 0 aliphatic carbocycles. The summed E-state index contributed by atoms with van der Waals surface area (Å²) in [5, 5.41) is 2.58. The van der Waals surface area contributed by atoms with E-state index in [2.05, 4.69) is 36.6 Å². The molecule has 0 spiro atoms. The smallest absolute Gasteiger partial charge is 0.266 e. The average molecular weight is 500 g/mol. The van der Waals surface area contributed by atoms with E-state index in [9.17, 15) is 4.79 Å². The van der Waals surface area contributed by atoms with Crippen LogP contribution in [-0.4, -0.2) is 27.1 Å². The lowest BCUT2D eigenvalue weighted by Gasteiger charge is -2.12. The van der Waals surface area contributed by atoms with Gasteiger partial charge in [0, 0.05) is 40.3 Å². The summed E-state index contributed by atoms with van der Waals surface area (Å²) >= 11 is 7.91. The molecule has 0 saturated carbocycles. The Labute approximate surface area is 214 Å². The molecule has 0 N–H and O–H groups in total. The lowest BCUT2D eigenvalue weighted by Crippen LogP contribution is -2.28. The van der Waals surface area contributed by atoms with E-state index in [-0.39, 0.29) is 5.91 Å². The van der Waals surface area contributed by atoms with E-state index in [0.29, 0.717) is 23.2 Å². The van der Waals surface area contributed by atoms with Crippen LogP contribution in [0.2, 0.25) is 5.02 Å². The van der Waals surface area contributed by atoms with E-state index in [0.717, 1.165) is 38.4 Å². The molecule has 2 heterocycles. The molecule has 1 aliphatic heterocycles. The van der Waals surface area contributed by atoms with Crippen LogP contribution in [0.1, 0.15) is 29.3 Å². The van der Waals surface area contributed by atoms with Gasteiger partial charge in [-0.2, -0.15) is 0 Å². The molecule has 1 aromatic heterocycles. The van der Waals surface area contributed by atoms with Crippen LogP contribution < -0.4 is 0 Å². The summed E-state index contributed by atoms with van der Waals surface area (Å²) in [7, 11) is 0. The maximum Gasteiger partial charge on any atom is 0.266 e. The molecule has 1 fully saturated rings. The Hall–Kier alpha value is -3.28. The Balaban J connectivity index is 1.57. The number of amides is 1. The number of aliphatic imine (C=N–C) groups is 1. The van der Waals surface area contributed by atoms with Crippen LogP contribution in [0.5, 0.6) is 0 Å². The van der Waals surface area contributed by atoms with Crippen LogP contribution in [-0.2, 0) is 11.3 Å². The zero-order chi connectivity index (χ0) is 24.5. The van der Waals surface area contributed by atoms with Crippen LogP contribution >= 0.6 is 23.4 Å². The number of nitrogens with zero attached hydrogens (tertiary/aromatic N) is 3. The summed E-state index contributed by atoms with van der Waals surface area (Å²) < 4.78 is 2.27. The fourth-order valence-corrected chi connectivity index (χ4v) is 5.61. The molecule has 1 amide bonds. The number of halogens is 1. The predicted molar refractivity (Wildman–Crippen MR) is 148 cm³/mol. The number of likely N-dealkylation sites (N-methyl/N-ethyl adjacent to an activating group) is 1. The number of carbonyl (C=O) groups is 1. The highest BCUT2D eigenvalue weighted by Gasteiger charge is 2.32.